The van der Waals surface area contributed by atoms with Crippen LogP contribution in [-0.2, 0) is 4.79 Å². The third-order valence-corrected chi connectivity index (χ3v) is 4.61. The van der Waals surface area contributed by atoms with Crippen LogP contribution in [0, 0.1) is 0 Å². The van der Waals surface area contributed by atoms with Crippen molar-refractivity contribution in [2.45, 2.75) is 26.8 Å². The molecule has 1 atom stereocenters. The summed E-state index contributed by atoms with van der Waals surface area (Å²) in [5, 5.41) is 7.69. The largest absolute Gasteiger partial charge is 0.351 e. The van der Waals surface area contributed by atoms with Gasteiger partial charge in [-0.15, -0.1) is 0 Å². The molecule has 0 saturated carbocycles. The van der Waals surface area contributed by atoms with E-state index in [4.69, 9.17) is 35.4 Å². The van der Waals surface area contributed by atoms with E-state index in [0.29, 0.717) is 33.8 Å². The fourth-order valence-electron chi connectivity index (χ4n) is 2.63. The second-order valence-electron chi connectivity index (χ2n) is 5.21. The molecule has 2 rings (SSSR count). The van der Waals surface area contributed by atoms with Crippen molar-refractivity contribution >= 4 is 46.4 Å². The molecule has 1 aliphatic rings. The maximum absolute atomic E-state index is 12.9. The number of nitrogens with zero attached hydrogens (tertiary/aromatic N) is 1. The van der Waals surface area contributed by atoms with Crippen LogP contribution in [0.3, 0.4) is 0 Å². The fraction of sp³-hybridized carbons (Fsp3) is 0.375. The van der Waals surface area contributed by atoms with Gasteiger partial charge in [-0.05, 0) is 50.7 Å². The lowest BCUT2D eigenvalue weighted by atomic mass is 9.94. The second kappa shape index (κ2) is 7.51. The maximum Gasteiger partial charge on any atom is 0.253 e. The van der Waals surface area contributed by atoms with Gasteiger partial charge < -0.3 is 15.5 Å². The number of benzene rings is 1. The molecule has 0 spiro atoms. The van der Waals surface area contributed by atoms with Crippen LogP contribution in [0.2, 0.25) is 10.0 Å². The first-order valence-electron chi connectivity index (χ1n) is 7.41. The molecule has 0 bridgehead atoms. The van der Waals surface area contributed by atoms with E-state index in [9.17, 15) is 4.79 Å². The molecule has 2 N–H and O–H groups in total. The zero-order valence-corrected chi connectivity index (χ0v) is 15.6. The van der Waals surface area contributed by atoms with Crippen molar-refractivity contribution in [3.8, 4) is 0 Å². The van der Waals surface area contributed by atoms with Gasteiger partial charge >= 0.3 is 0 Å². The van der Waals surface area contributed by atoms with Gasteiger partial charge in [0, 0.05) is 28.8 Å². The molecule has 0 saturated heterocycles. The van der Waals surface area contributed by atoms with E-state index in [1.54, 1.807) is 17.0 Å². The smallest absolute Gasteiger partial charge is 0.253 e. The molecule has 1 aromatic rings. The Balaban J connectivity index is 2.52. The molecule has 0 aromatic heterocycles. The van der Waals surface area contributed by atoms with E-state index >= 15 is 0 Å². The predicted molar refractivity (Wildman–Crippen MR) is 98.7 cm³/mol. The van der Waals surface area contributed by atoms with E-state index in [0.717, 1.165) is 11.3 Å². The molecule has 124 valence electrons. The SMILES string of the molecule is CCN(CC)C(=O)C1=C(C)NC(=S)N[C@@H]1c1ccc(Cl)cc1Cl. The predicted octanol–water partition coefficient (Wildman–Crippen LogP) is 3.65. The Hall–Kier alpha value is -1.30. The van der Waals surface area contributed by atoms with Gasteiger partial charge in [-0.2, -0.15) is 0 Å². The molecular weight excluding hydrogens is 353 g/mol. The van der Waals surface area contributed by atoms with Gasteiger partial charge in [-0.25, -0.2) is 0 Å². The summed E-state index contributed by atoms with van der Waals surface area (Å²) in [5.41, 5.74) is 2.13. The number of rotatable bonds is 4. The van der Waals surface area contributed by atoms with Crippen molar-refractivity contribution in [1.29, 1.82) is 0 Å². The Bertz CT molecular complexity index is 671. The first-order chi connectivity index (χ1) is 10.9. The van der Waals surface area contributed by atoms with Crippen LogP contribution in [0.25, 0.3) is 0 Å². The minimum atomic E-state index is -0.401. The number of amides is 1. The van der Waals surface area contributed by atoms with E-state index in [1.165, 1.54) is 0 Å². The quantitative estimate of drug-likeness (QED) is 0.792. The van der Waals surface area contributed by atoms with E-state index in [2.05, 4.69) is 10.6 Å². The molecule has 1 aliphatic heterocycles. The number of carbonyl (C=O) groups excluding carboxylic acids is 1. The summed E-state index contributed by atoms with van der Waals surface area (Å²) in [7, 11) is 0. The number of allylic oxidation sites excluding steroid dienone is 1. The third-order valence-electron chi connectivity index (χ3n) is 3.82. The van der Waals surface area contributed by atoms with Gasteiger partial charge in [0.15, 0.2) is 5.11 Å². The van der Waals surface area contributed by atoms with Gasteiger partial charge in [0.05, 0.1) is 11.6 Å². The summed E-state index contributed by atoms with van der Waals surface area (Å²) >= 11 is 17.6. The Morgan fingerprint density at radius 1 is 1.30 bits per heavy atom. The molecule has 0 unspecified atom stereocenters. The summed E-state index contributed by atoms with van der Waals surface area (Å²) in [6.07, 6.45) is 0. The fourth-order valence-corrected chi connectivity index (χ4v) is 3.42. The number of halogens is 2. The molecule has 1 amide bonds. The Morgan fingerprint density at radius 2 is 1.96 bits per heavy atom. The lowest BCUT2D eigenvalue weighted by Crippen LogP contribution is -2.47. The standard InChI is InChI=1S/C16H19Cl2N3OS/c1-4-21(5-2)15(22)13-9(3)19-16(23)20-14(13)11-7-6-10(17)8-12(11)18/h6-8,14H,4-5H2,1-3H3,(H2,19,20,23)/t14-/m1/s1. The van der Waals surface area contributed by atoms with Crippen molar-refractivity contribution in [2.75, 3.05) is 13.1 Å². The van der Waals surface area contributed by atoms with Crippen LogP contribution in [0.1, 0.15) is 32.4 Å². The zero-order chi connectivity index (χ0) is 17.1. The van der Waals surface area contributed by atoms with E-state index < -0.39 is 6.04 Å². The van der Waals surface area contributed by atoms with Gasteiger partial charge in [0.1, 0.15) is 0 Å². The van der Waals surface area contributed by atoms with Crippen molar-refractivity contribution in [2.24, 2.45) is 0 Å². The number of hydrogen-bond acceptors (Lipinski definition) is 2. The Kier molecular flexibility index (Phi) is 5.89. The normalized spacial score (nSPS) is 17.6. The van der Waals surface area contributed by atoms with Crippen molar-refractivity contribution in [1.82, 2.24) is 15.5 Å². The number of thiocarbonyl (C=S) groups is 1. The summed E-state index contributed by atoms with van der Waals surface area (Å²) in [4.78, 5) is 14.7. The van der Waals surface area contributed by atoms with Crippen molar-refractivity contribution in [3.63, 3.8) is 0 Å². The van der Waals surface area contributed by atoms with Gasteiger partial charge in [-0.1, -0.05) is 29.3 Å². The van der Waals surface area contributed by atoms with Gasteiger partial charge in [-0.3, -0.25) is 4.79 Å². The minimum absolute atomic E-state index is 0.0361. The minimum Gasteiger partial charge on any atom is -0.351 e. The molecule has 23 heavy (non-hydrogen) atoms. The molecule has 0 aliphatic carbocycles. The lowest BCUT2D eigenvalue weighted by Gasteiger charge is -2.33. The maximum atomic E-state index is 12.9. The van der Waals surface area contributed by atoms with Crippen LogP contribution in [0.5, 0.6) is 0 Å². The number of nitrogens with one attached hydrogen (secondary N) is 2. The van der Waals surface area contributed by atoms with E-state index in [1.807, 2.05) is 26.8 Å². The average molecular weight is 372 g/mol. The highest BCUT2D eigenvalue weighted by Gasteiger charge is 2.32. The summed E-state index contributed by atoms with van der Waals surface area (Å²) in [6, 6.07) is 4.84. The van der Waals surface area contributed by atoms with Crippen LogP contribution >= 0.6 is 35.4 Å². The summed E-state index contributed by atoms with van der Waals surface area (Å²) < 4.78 is 0. The summed E-state index contributed by atoms with van der Waals surface area (Å²) in [5.74, 6) is -0.0361. The molecule has 1 aromatic carbocycles. The first-order valence-corrected chi connectivity index (χ1v) is 8.57. The first kappa shape index (κ1) is 18.0. The molecule has 0 fully saturated rings. The third kappa shape index (κ3) is 3.79. The van der Waals surface area contributed by atoms with E-state index in [-0.39, 0.29) is 5.91 Å². The highest BCUT2D eigenvalue weighted by Crippen LogP contribution is 2.33. The average Bonchev–Trinajstić information content (AvgIpc) is 2.47. The lowest BCUT2D eigenvalue weighted by molar-refractivity contribution is -0.127. The highest BCUT2D eigenvalue weighted by molar-refractivity contribution is 7.80. The number of hydrogen-bond donors (Lipinski definition) is 2. The molecule has 7 heteroatoms. The Labute approximate surface area is 151 Å². The summed E-state index contributed by atoms with van der Waals surface area (Å²) in [6.45, 7) is 7.03. The van der Waals surface area contributed by atoms with Crippen LogP contribution in [0.4, 0.5) is 0 Å². The molecule has 0 radical (unpaired) electrons. The molecular formula is C16H19Cl2N3OS. The van der Waals surface area contributed by atoms with Crippen molar-refractivity contribution < 1.29 is 4.79 Å². The van der Waals surface area contributed by atoms with Crippen LogP contribution in [0.15, 0.2) is 29.5 Å². The zero-order valence-electron chi connectivity index (χ0n) is 13.2. The van der Waals surface area contributed by atoms with Crippen LogP contribution < -0.4 is 10.6 Å². The number of likely N-dealkylation sites (N-methyl/N-ethyl adjacent to an activating group) is 1. The van der Waals surface area contributed by atoms with Gasteiger partial charge in [0.2, 0.25) is 0 Å². The van der Waals surface area contributed by atoms with Gasteiger partial charge in [0.25, 0.3) is 5.91 Å². The monoisotopic (exact) mass is 371 g/mol. The number of carbonyl (C=O) groups is 1. The second-order valence-corrected chi connectivity index (χ2v) is 6.47. The van der Waals surface area contributed by atoms with Crippen molar-refractivity contribution in [3.05, 3.63) is 45.1 Å². The molecule has 1 heterocycles. The highest BCUT2D eigenvalue weighted by atomic mass is 35.5. The van der Waals surface area contributed by atoms with Crippen LogP contribution in [-0.4, -0.2) is 29.0 Å². The Morgan fingerprint density at radius 3 is 2.52 bits per heavy atom. The molecule has 4 nitrogen and oxygen atoms in total. The topological polar surface area (TPSA) is 44.4 Å².